The molecule has 0 bridgehead atoms. The molecule has 0 atom stereocenters. The van der Waals surface area contributed by atoms with Crippen LogP contribution in [0.2, 0.25) is 0 Å². The molecular weight excluding hydrogens is 480 g/mol. The molecule has 2 aromatic rings. The average molecular weight is 493 g/mol. The van der Waals surface area contributed by atoms with Crippen LogP contribution in [0.3, 0.4) is 0 Å². The van der Waals surface area contributed by atoms with E-state index in [1.807, 2.05) is 0 Å². The van der Waals surface area contributed by atoms with E-state index in [1.54, 1.807) is 6.07 Å². The summed E-state index contributed by atoms with van der Waals surface area (Å²) >= 11 is 3.26. The highest BCUT2D eigenvalue weighted by Gasteiger charge is 2.39. The number of nitro groups is 2. The Morgan fingerprint density at radius 2 is 1.58 bits per heavy atom. The van der Waals surface area contributed by atoms with Gasteiger partial charge >= 0.3 is 17.6 Å². The number of ether oxygens (including phenoxy) is 3. The highest BCUT2D eigenvalue weighted by Crippen LogP contribution is 2.37. The maximum Gasteiger partial charge on any atom is 0.348 e. The highest BCUT2D eigenvalue weighted by atomic mass is 79.9. The fraction of sp³-hybridized carbons (Fsp3) is 0.158. The van der Waals surface area contributed by atoms with Gasteiger partial charge in [0.2, 0.25) is 5.75 Å². The fourth-order valence-corrected chi connectivity index (χ4v) is 3.00. The number of halogens is 1. The van der Waals surface area contributed by atoms with Gasteiger partial charge in [-0.3, -0.25) is 20.2 Å². The summed E-state index contributed by atoms with van der Waals surface area (Å²) in [4.78, 5) is 45.1. The lowest BCUT2D eigenvalue weighted by Crippen LogP contribution is -2.41. The van der Waals surface area contributed by atoms with E-state index < -0.39 is 44.5 Å². The Bertz CT molecular complexity index is 1140. The van der Waals surface area contributed by atoms with Crippen LogP contribution in [-0.4, -0.2) is 27.6 Å². The van der Waals surface area contributed by atoms with Crippen molar-refractivity contribution < 1.29 is 33.6 Å². The van der Waals surface area contributed by atoms with Crippen LogP contribution in [0.25, 0.3) is 6.08 Å². The molecule has 1 aliphatic rings. The number of carbonyl (C=O) groups is 2. The van der Waals surface area contributed by atoms with E-state index in [0.29, 0.717) is 4.47 Å². The van der Waals surface area contributed by atoms with Gasteiger partial charge in [0, 0.05) is 30.0 Å². The summed E-state index contributed by atoms with van der Waals surface area (Å²) in [6.07, 6.45) is 1.16. The van der Waals surface area contributed by atoms with Crippen LogP contribution in [0.4, 0.5) is 11.4 Å². The van der Waals surface area contributed by atoms with Crippen LogP contribution in [0, 0.1) is 20.2 Å². The number of benzene rings is 2. The summed E-state index contributed by atoms with van der Waals surface area (Å²) in [6.45, 7) is 2.81. The number of esters is 2. The Kier molecular flexibility index (Phi) is 5.75. The molecule has 0 spiro atoms. The Morgan fingerprint density at radius 1 is 0.968 bits per heavy atom. The van der Waals surface area contributed by atoms with Crippen molar-refractivity contribution in [1.82, 2.24) is 0 Å². The average Bonchev–Trinajstić information content (AvgIpc) is 2.65. The first-order valence-electron chi connectivity index (χ1n) is 8.55. The lowest BCUT2D eigenvalue weighted by molar-refractivity contribution is -0.394. The number of nitro benzene ring substituents is 2. The van der Waals surface area contributed by atoms with Crippen LogP contribution in [0.15, 0.2) is 46.4 Å². The van der Waals surface area contributed by atoms with Crippen molar-refractivity contribution in [1.29, 1.82) is 0 Å². The summed E-state index contributed by atoms with van der Waals surface area (Å²) in [5, 5.41) is 22.3. The Balaban J connectivity index is 2.04. The van der Waals surface area contributed by atoms with Gasteiger partial charge in [-0.2, -0.15) is 0 Å². The molecule has 0 radical (unpaired) electrons. The van der Waals surface area contributed by atoms with E-state index in [-0.39, 0.29) is 17.1 Å². The van der Waals surface area contributed by atoms with Crippen molar-refractivity contribution >= 4 is 45.3 Å². The maximum atomic E-state index is 12.2. The van der Waals surface area contributed by atoms with E-state index in [1.165, 1.54) is 26.0 Å². The zero-order valence-electron chi connectivity index (χ0n) is 16.0. The van der Waals surface area contributed by atoms with Crippen LogP contribution >= 0.6 is 15.9 Å². The highest BCUT2D eigenvalue weighted by molar-refractivity contribution is 9.10. The third-order valence-electron chi connectivity index (χ3n) is 3.96. The molecule has 2 aromatic carbocycles. The van der Waals surface area contributed by atoms with Crippen molar-refractivity contribution in [3.05, 3.63) is 72.2 Å². The number of cyclic esters (lactones) is 2. The van der Waals surface area contributed by atoms with Gasteiger partial charge in [-0.25, -0.2) is 9.59 Å². The van der Waals surface area contributed by atoms with Crippen molar-refractivity contribution in [2.75, 3.05) is 0 Å². The number of rotatable bonds is 5. The smallest absolute Gasteiger partial charge is 0.348 e. The molecule has 0 saturated carbocycles. The van der Waals surface area contributed by atoms with E-state index in [9.17, 15) is 29.8 Å². The summed E-state index contributed by atoms with van der Waals surface area (Å²) in [5.41, 5.74) is -1.31. The van der Waals surface area contributed by atoms with Crippen LogP contribution in [0.5, 0.6) is 11.5 Å². The second-order valence-corrected chi connectivity index (χ2v) is 7.60. The Hall–Kier alpha value is -3.80. The number of non-ortho nitro benzene ring substituents is 1. The molecule has 1 heterocycles. The molecule has 0 unspecified atom stereocenters. The van der Waals surface area contributed by atoms with E-state index in [0.717, 1.165) is 24.3 Å². The topological polar surface area (TPSA) is 148 Å². The van der Waals surface area contributed by atoms with Gasteiger partial charge < -0.3 is 14.2 Å². The normalized spacial score (nSPS) is 15.0. The zero-order chi connectivity index (χ0) is 22.9. The van der Waals surface area contributed by atoms with Gasteiger partial charge in [0.15, 0.2) is 0 Å². The summed E-state index contributed by atoms with van der Waals surface area (Å²) in [6, 6.07) is 7.41. The molecule has 1 fully saturated rings. The lowest BCUT2D eigenvalue weighted by atomic mass is 10.1. The zero-order valence-corrected chi connectivity index (χ0v) is 17.6. The third kappa shape index (κ3) is 4.86. The van der Waals surface area contributed by atoms with Gasteiger partial charge in [0.25, 0.3) is 11.5 Å². The van der Waals surface area contributed by atoms with Crippen LogP contribution in [0.1, 0.15) is 19.4 Å². The van der Waals surface area contributed by atoms with Crippen molar-refractivity contribution in [2.45, 2.75) is 19.6 Å². The SMILES string of the molecule is CC1(C)OC(=O)C(=Cc2cc(Br)ccc2Oc2ccc([N+](=O)[O-])cc2[N+](=O)[O-])C(=O)O1. The summed E-state index contributed by atoms with van der Waals surface area (Å²) in [7, 11) is 0. The predicted molar refractivity (Wildman–Crippen MR) is 108 cm³/mol. The van der Waals surface area contributed by atoms with Crippen LogP contribution in [-0.2, 0) is 19.1 Å². The number of hydrogen-bond acceptors (Lipinski definition) is 9. The molecule has 1 saturated heterocycles. The summed E-state index contributed by atoms with van der Waals surface area (Å²) < 4.78 is 16.3. The lowest BCUT2D eigenvalue weighted by Gasteiger charge is -2.29. The molecule has 1 aliphatic heterocycles. The van der Waals surface area contributed by atoms with Crippen molar-refractivity contribution in [3.8, 4) is 11.5 Å². The Labute approximate surface area is 182 Å². The first-order chi connectivity index (χ1) is 14.5. The van der Waals surface area contributed by atoms with Gasteiger partial charge in [0.05, 0.1) is 15.9 Å². The second kappa shape index (κ2) is 8.14. The van der Waals surface area contributed by atoms with Gasteiger partial charge in [0.1, 0.15) is 11.3 Å². The quantitative estimate of drug-likeness (QED) is 0.196. The van der Waals surface area contributed by atoms with Gasteiger partial charge in [-0.15, -0.1) is 0 Å². The molecule has 31 heavy (non-hydrogen) atoms. The van der Waals surface area contributed by atoms with E-state index in [4.69, 9.17) is 14.2 Å². The monoisotopic (exact) mass is 492 g/mol. The minimum atomic E-state index is -1.42. The molecule has 12 heteroatoms. The van der Waals surface area contributed by atoms with Crippen molar-refractivity contribution in [2.24, 2.45) is 0 Å². The molecule has 160 valence electrons. The fourth-order valence-electron chi connectivity index (χ4n) is 2.63. The minimum Gasteiger partial charge on any atom is -0.449 e. The minimum absolute atomic E-state index is 0.0399. The van der Waals surface area contributed by atoms with Gasteiger partial charge in [-0.1, -0.05) is 15.9 Å². The van der Waals surface area contributed by atoms with E-state index in [2.05, 4.69) is 15.9 Å². The third-order valence-corrected chi connectivity index (χ3v) is 4.45. The van der Waals surface area contributed by atoms with Gasteiger partial charge in [-0.05, 0) is 30.3 Å². The first-order valence-corrected chi connectivity index (χ1v) is 9.35. The number of hydrogen-bond donors (Lipinski definition) is 0. The maximum absolute atomic E-state index is 12.2. The standard InChI is InChI=1S/C19H13BrN2O9/c1-19(2)30-17(23)13(18(24)31-19)8-10-7-11(20)3-5-15(10)29-16-6-4-12(21(25)26)9-14(16)22(27)28/h3-9H,1-2H3. The molecule has 0 amide bonds. The number of carbonyl (C=O) groups excluding carboxylic acids is 2. The number of nitrogens with zero attached hydrogens (tertiary/aromatic N) is 2. The van der Waals surface area contributed by atoms with E-state index >= 15 is 0 Å². The van der Waals surface area contributed by atoms with Crippen LogP contribution < -0.4 is 4.74 Å². The molecule has 0 aromatic heterocycles. The largest absolute Gasteiger partial charge is 0.449 e. The molecule has 0 N–H and O–H groups in total. The molecule has 11 nitrogen and oxygen atoms in total. The molecule has 0 aliphatic carbocycles. The second-order valence-electron chi connectivity index (χ2n) is 6.69. The Morgan fingerprint density at radius 3 is 2.16 bits per heavy atom. The van der Waals surface area contributed by atoms with Crippen molar-refractivity contribution in [3.63, 3.8) is 0 Å². The molecular formula is C19H13BrN2O9. The predicted octanol–water partition coefficient (Wildman–Crippen LogP) is 4.28. The molecule has 3 rings (SSSR count). The first kappa shape index (κ1) is 21.9. The summed E-state index contributed by atoms with van der Waals surface area (Å²) in [5.74, 6) is -3.46.